The van der Waals surface area contributed by atoms with Crippen LogP contribution < -0.4 is 9.50 Å². The molecule has 9 heteroatoms. The summed E-state index contributed by atoms with van der Waals surface area (Å²) in [5.74, 6) is -0.448. The van der Waals surface area contributed by atoms with E-state index in [0.29, 0.717) is 6.42 Å². The van der Waals surface area contributed by atoms with E-state index < -0.39 is 16.2 Å². The molecule has 0 aromatic heterocycles. The molecule has 0 bridgehead atoms. The van der Waals surface area contributed by atoms with Crippen LogP contribution in [0.1, 0.15) is 24.5 Å². The molecule has 0 aliphatic carbocycles. The van der Waals surface area contributed by atoms with E-state index in [1.807, 2.05) is 30.3 Å². The number of carbonyl (C=O) groups is 2. The molecule has 8 nitrogen and oxygen atoms in total. The molecular formula is C27H29NO7S. The lowest BCUT2D eigenvalue weighted by atomic mass is 9.96. The minimum absolute atomic E-state index is 0.0637. The number of benzene rings is 3. The first-order valence-electron chi connectivity index (χ1n) is 11.5. The number of alkyl carbamates (subject to hydrolysis) is 1. The number of nitrogens with one attached hydrogen (secondary N) is 1. The number of hydrogen-bond acceptors (Lipinski definition) is 7. The van der Waals surface area contributed by atoms with Crippen molar-refractivity contribution in [2.75, 3.05) is 13.2 Å². The molecule has 3 aromatic rings. The number of hydrogen-bond donors (Lipinski definition) is 1. The van der Waals surface area contributed by atoms with Gasteiger partial charge in [0.15, 0.2) is 0 Å². The van der Waals surface area contributed by atoms with Gasteiger partial charge in [-0.05, 0) is 54.7 Å². The number of carbonyl (C=O) groups excluding carboxylic acids is 2. The highest BCUT2D eigenvalue weighted by Crippen LogP contribution is 2.21. The van der Waals surface area contributed by atoms with Gasteiger partial charge in [-0.25, -0.2) is 4.79 Å². The van der Waals surface area contributed by atoms with Gasteiger partial charge < -0.3 is 19.0 Å². The summed E-state index contributed by atoms with van der Waals surface area (Å²) in [5, 5.41) is 2.71. The lowest BCUT2D eigenvalue weighted by molar-refractivity contribution is -0.144. The molecule has 36 heavy (non-hydrogen) atoms. The van der Waals surface area contributed by atoms with Crippen molar-refractivity contribution in [2.45, 2.75) is 31.3 Å². The first kappa shape index (κ1) is 26.7. The number of rotatable bonds is 12. The summed E-state index contributed by atoms with van der Waals surface area (Å²) in [4.78, 5) is 24.3. The lowest BCUT2D eigenvalue weighted by Crippen LogP contribution is -2.32. The third-order valence-corrected chi connectivity index (χ3v) is 6.46. The van der Waals surface area contributed by atoms with Gasteiger partial charge in [0.05, 0.1) is 13.0 Å². The second kappa shape index (κ2) is 13.3. The van der Waals surface area contributed by atoms with Crippen LogP contribution in [0.5, 0.6) is 5.75 Å². The summed E-state index contributed by atoms with van der Waals surface area (Å²) in [7, 11) is -3.94. The number of esters is 1. The molecule has 0 aliphatic rings. The van der Waals surface area contributed by atoms with Gasteiger partial charge >= 0.3 is 22.2 Å². The number of amides is 1. The average Bonchev–Trinajstić information content (AvgIpc) is 2.88. The molecule has 0 radical (unpaired) electrons. The highest BCUT2D eigenvalue weighted by Gasteiger charge is 2.19. The summed E-state index contributed by atoms with van der Waals surface area (Å²) in [5.41, 5.74) is 1.71. The van der Waals surface area contributed by atoms with Crippen molar-refractivity contribution in [2.24, 2.45) is 5.92 Å². The first-order valence-corrected chi connectivity index (χ1v) is 12.9. The third-order valence-electron chi connectivity index (χ3n) is 5.19. The molecule has 190 valence electrons. The van der Waals surface area contributed by atoms with E-state index in [9.17, 15) is 18.0 Å². The molecule has 3 aromatic carbocycles. The van der Waals surface area contributed by atoms with Crippen molar-refractivity contribution >= 4 is 22.2 Å². The Balaban J connectivity index is 1.58. The predicted octanol–water partition coefficient (Wildman–Crippen LogP) is 4.49. The molecule has 1 amide bonds. The lowest BCUT2D eigenvalue weighted by Gasteiger charge is -2.17. The van der Waals surface area contributed by atoms with Crippen LogP contribution in [0.4, 0.5) is 4.79 Å². The van der Waals surface area contributed by atoms with E-state index in [2.05, 4.69) is 5.32 Å². The second-order valence-corrected chi connectivity index (χ2v) is 9.56. The Kier molecular flexibility index (Phi) is 9.88. The largest absolute Gasteiger partial charge is 0.466 e. The van der Waals surface area contributed by atoms with Crippen molar-refractivity contribution in [3.63, 3.8) is 0 Å². The molecule has 1 atom stereocenters. The maximum Gasteiger partial charge on any atom is 0.407 e. The molecule has 0 saturated carbocycles. The van der Waals surface area contributed by atoms with E-state index >= 15 is 0 Å². The summed E-state index contributed by atoms with van der Waals surface area (Å²) >= 11 is 0. The van der Waals surface area contributed by atoms with Crippen LogP contribution in [-0.4, -0.2) is 33.6 Å². The fraction of sp³-hybridized carbons (Fsp3) is 0.259. The maximum absolute atomic E-state index is 12.4. The molecule has 3 rings (SSSR count). The predicted molar refractivity (Wildman–Crippen MR) is 134 cm³/mol. The first-order chi connectivity index (χ1) is 17.4. The highest BCUT2D eigenvalue weighted by molar-refractivity contribution is 7.87. The van der Waals surface area contributed by atoms with Crippen LogP contribution in [0.2, 0.25) is 0 Å². The van der Waals surface area contributed by atoms with E-state index in [1.54, 1.807) is 49.4 Å². The maximum atomic E-state index is 12.4. The molecular weight excluding hydrogens is 482 g/mol. The summed E-state index contributed by atoms with van der Waals surface area (Å²) < 4.78 is 40.3. The summed E-state index contributed by atoms with van der Waals surface area (Å²) in [6, 6.07) is 23.7. The summed E-state index contributed by atoms with van der Waals surface area (Å²) in [6.07, 6.45) is -0.0284. The zero-order valence-corrected chi connectivity index (χ0v) is 20.8. The quantitative estimate of drug-likeness (QED) is 0.282. The van der Waals surface area contributed by atoms with Gasteiger partial charge in [0.1, 0.15) is 17.3 Å². The van der Waals surface area contributed by atoms with Crippen molar-refractivity contribution in [3.05, 3.63) is 96.1 Å². The van der Waals surface area contributed by atoms with Crippen LogP contribution in [0, 0.1) is 5.92 Å². The third kappa shape index (κ3) is 8.74. The van der Waals surface area contributed by atoms with Gasteiger partial charge in [0.25, 0.3) is 0 Å². The molecule has 0 fully saturated rings. The van der Waals surface area contributed by atoms with Crippen molar-refractivity contribution < 1.29 is 31.7 Å². The van der Waals surface area contributed by atoms with Crippen LogP contribution in [0.15, 0.2) is 89.8 Å². The van der Waals surface area contributed by atoms with Gasteiger partial charge in [-0.15, -0.1) is 0 Å². The Bertz CT molecular complexity index is 1210. The Hall–Kier alpha value is -3.85. The van der Waals surface area contributed by atoms with Gasteiger partial charge in [0, 0.05) is 6.54 Å². The van der Waals surface area contributed by atoms with E-state index in [-0.39, 0.29) is 48.7 Å². The van der Waals surface area contributed by atoms with Crippen molar-refractivity contribution in [3.8, 4) is 5.75 Å². The number of ether oxygens (including phenoxy) is 2. The molecule has 1 unspecified atom stereocenters. The van der Waals surface area contributed by atoms with E-state index in [0.717, 1.165) is 11.1 Å². The monoisotopic (exact) mass is 511 g/mol. The molecule has 1 N–H and O–H groups in total. The molecule has 0 spiro atoms. The van der Waals surface area contributed by atoms with Crippen molar-refractivity contribution in [1.29, 1.82) is 0 Å². The van der Waals surface area contributed by atoms with E-state index in [1.165, 1.54) is 12.1 Å². The smallest absolute Gasteiger partial charge is 0.407 e. The minimum Gasteiger partial charge on any atom is -0.466 e. The van der Waals surface area contributed by atoms with Crippen molar-refractivity contribution in [1.82, 2.24) is 5.32 Å². The van der Waals surface area contributed by atoms with E-state index in [4.69, 9.17) is 13.7 Å². The normalized spacial score (nSPS) is 11.8. The Morgan fingerprint density at radius 2 is 1.47 bits per heavy atom. The topological polar surface area (TPSA) is 108 Å². The SMILES string of the molecule is CCOC(=O)CC(CNC(=O)OCc1ccccc1)Cc1ccc(OS(=O)(=O)c2ccccc2)cc1. The van der Waals surface area contributed by atoms with Gasteiger partial charge in [-0.1, -0.05) is 60.7 Å². The minimum atomic E-state index is -3.94. The highest BCUT2D eigenvalue weighted by atomic mass is 32.2. The van der Waals surface area contributed by atoms with Gasteiger partial charge in [0.2, 0.25) is 0 Å². The Morgan fingerprint density at radius 3 is 2.11 bits per heavy atom. The standard InChI is InChI=1S/C27H29NO7S/c1-2-33-26(29)18-23(19-28-27(30)34-20-22-9-5-3-6-10-22)17-21-13-15-24(16-14-21)35-36(31,32)25-11-7-4-8-12-25/h3-16,23H,2,17-20H2,1H3,(H,28,30). The van der Waals surface area contributed by atoms with Crippen LogP contribution in [0.25, 0.3) is 0 Å². The molecule has 0 aliphatic heterocycles. The Morgan fingerprint density at radius 1 is 0.833 bits per heavy atom. The van der Waals surface area contributed by atoms with Gasteiger partial charge in [-0.3, -0.25) is 4.79 Å². The van der Waals surface area contributed by atoms with Crippen LogP contribution >= 0.6 is 0 Å². The zero-order chi connectivity index (χ0) is 25.8. The fourth-order valence-electron chi connectivity index (χ4n) is 3.45. The van der Waals surface area contributed by atoms with Crippen LogP contribution in [0.3, 0.4) is 0 Å². The molecule has 0 heterocycles. The summed E-state index contributed by atoms with van der Waals surface area (Å²) in [6.45, 7) is 2.34. The second-order valence-electron chi connectivity index (χ2n) is 8.02. The average molecular weight is 512 g/mol. The van der Waals surface area contributed by atoms with Gasteiger partial charge in [-0.2, -0.15) is 8.42 Å². The molecule has 0 saturated heterocycles. The van der Waals surface area contributed by atoms with Crippen LogP contribution in [-0.2, 0) is 37.4 Å². The Labute approximate surface area is 211 Å². The fourth-order valence-corrected chi connectivity index (χ4v) is 4.40. The zero-order valence-electron chi connectivity index (χ0n) is 20.0.